The molecule has 17 heavy (non-hydrogen) atoms. The number of sulfonamides is 1. The van der Waals surface area contributed by atoms with E-state index in [9.17, 15) is 8.42 Å². The molecule has 0 unspecified atom stereocenters. The quantitative estimate of drug-likeness (QED) is 0.877. The second-order valence-corrected chi connectivity index (χ2v) is 6.16. The number of hydrogen-bond donors (Lipinski definition) is 1. The number of nitrogens with one attached hydrogen (secondary N) is 1. The molecule has 0 bridgehead atoms. The topological polar surface area (TPSA) is 46.2 Å². The maximum atomic E-state index is 11.8. The Labute approximate surface area is 104 Å². The Kier molecular flexibility index (Phi) is 4.48. The van der Waals surface area contributed by atoms with E-state index in [1.54, 1.807) is 6.08 Å². The van der Waals surface area contributed by atoms with Crippen molar-refractivity contribution in [1.82, 2.24) is 4.72 Å². The molecular weight excluding hydrogens is 234 g/mol. The van der Waals surface area contributed by atoms with Crippen LogP contribution < -0.4 is 4.72 Å². The third kappa shape index (κ3) is 5.15. The molecule has 0 amide bonds. The monoisotopic (exact) mass is 253 g/mol. The number of hydrogen-bond acceptors (Lipinski definition) is 2. The minimum absolute atomic E-state index is 0.417. The van der Waals surface area contributed by atoms with Gasteiger partial charge in [-0.2, -0.15) is 0 Å². The smallest absolute Gasteiger partial charge is 0.208 e. The van der Waals surface area contributed by atoms with Gasteiger partial charge in [0.05, 0.1) is 0 Å². The predicted octanol–water partition coefficient (Wildman–Crippen LogP) is 2.77. The molecule has 0 aliphatic carbocycles. The van der Waals surface area contributed by atoms with Crippen LogP contribution in [0.2, 0.25) is 0 Å². The summed E-state index contributed by atoms with van der Waals surface area (Å²) in [6.07, 6.45) is 2.33. The van der Waals surface area contributed by atoms with Crippen molar-refractivity contribution in [1.29, 1.82) is 0 Å². The maximum absolute atomic E-state index is 11.8. The Balaban J connectivity index is 2.78. The van der Waals surface area contributed by atoms with Crippen LogP contribution in [0.3, 0.4) is 0 Å². The lowest BCUT2D eigenvalue weighted by molar-refractivity contribution is 0.442. The van der Waals surface area contributed by atoms with Crippen LogP contribution in [0.25, 0.3) is 6.08 Å². The van der Waals surface area contributed by atoms with Gasteiger partial charge in [-0.05, 0) is 31.9 Å². The van der Waals surface area contributed by atoms with E-state index >= 15 is 0 Å². The molecule has 0 radical (unpaired) electrons. The van der Waals surface area contributed by atoms with Crippen LogP contribution in [0.4, 0.5) is 0 Å². The highest BCUT2D eigenvalue weighted by atomic mass is 32.2. The van der Waals surface area contributed by atoms with Crippen molar-refractivity contribution >= 4 is 16.1 Å². The highest BCUT2D eigenvalue weighted by molar-refractivity contribution is 7.92. The van der Waals surface area contributed by atoms with Gasteiger partial charge in [-0.3, -0.25) is 0 Å². The molecule has 94 valence electrons. The number of benzene rings is 1. The van der Waals surface area contributed by atoms with Gasteiger partial charge in [0.2, 0.25) is 10.0 Å². The molecule has 1 aromatic rings. The van der Waals surface area contributed by atoms with Gasteiger partial charge < -0.3 is 0 Å². The van der Waals surface area contributed by atoms with Gasteiger partial charge in [0.15, 0.2) is 0 Å². The Bertz CT molecular complexity index is 475. The Morgan fingerprint density at radius 3 is 2.35 bits per heavy atom. The van der Waals surface area contributed by atoms with Crippen molar-refractivity contribution in [2.45, 2.75) is 32.7 Å². The van der Waals surface area contributed by atoms with Crippen LogP contribution >= 0.6 is 0 Å². The van der Waals surface area contributed by atoms with Crippen LogP contribution in [0.5, 0.6) is 0 Å². The van der Waals surface area contributed by atoms with Gasteiger partial charge in [0, 0.05) is 10.9 Å². The molecule has 0 heterocycles. The second kappa shape index (κ2) is 5.47. The molecule has 3 nitrogen and oxygen atoms in total. The fourth-order valence-corrected chi connectivity index (χ4v) is 2.54. The van der Waals surface area contributed by atoms with Gasteiger partial charge in [-0.25, -0.2) is 13.1 Å². The third-order valence-electron chi connectivity index (χ3n) is 2.54. The Morgan fingerprint density at radius 2 is 1.82 bits per heavy atom. The van der Waals surface area contributed by atoms with Gasteiger partial charge in [0.25, 0.3) is 0 Å². The van der Waals surface area contributed by atoms with Crippen LogP contribution in [-0.2, 0) is 10.0 Å². The molecule has 0 spiro atoms. The van der Waals surface area contributed by atoms with E-state index in [-0.39, 0.29) is 0 Å². The average molecular weight is 253 g/mol. The lowest BCUT2D eigenvalue weighted by Gasteiger charge is -2.22. The largest absolute Gasteiger partial charge is 0.234 e. The van der Waals surface area contributed by atoms with Gasteiger partial charge in [0.1, 0.15) is 0 Å². The lowest BCUT2D eigenvalue weighted by Crippen LogP contribution is -2.41. The fraction of sp³-hybridized carbons (Fsp3) is 0.385. The van der Waals surface area contributed by atoms with Crippen molar-refractivity contribution < 1.29 is 8.42 Å². The highest BCUT2D eigenvalue weighted by Crippen LogP contribution is 2.10. The summed E-state index contributed by atoms with van der Waals surface area (Å²) < 4.78 is 26.2. The SMILES string of the molecule is CCC(C)(C)NS(=O)(=O)/C=C/c1ccccc1. The highest BCUT2D eigenvalue weighted by Gasteiger charge is 2.20. The van der Waals surface area contributed by atoms with E-state index in [2.05, 4.69) is 4.72 Å². The molecule has 0 aliphatic rings. The molecule has 0 fully saturated rings. The molecule has 1 rings (SSSR count). The molecule has 1 aromatic carbocycles. The zero-order valence-electron chi connectivity index (χ0n) is 10.5. The summed E-state index contributed by atoms with van der Waals surface area (Å²) in [6.45, 7) is 5.67. The second-order valence-electron chi connectivity index (χ2n) is 4.60. The first-order chi connectivity index (χ1) is 7.85. The van der Waals surface area contributed by atoms with E-state index in [0.29, 0.717) is 0 Å². The lowest BCUT2D eigenvalue weighted by atomic mass is 10.0. The number of rotatable bonds is 5. The standard InChI is InChI=1S/C13H19NO2S/c1-4-13(2,3)14-17(15,16)11-10-12-8-6-5-7-9-12/h5-11,14H,4H2,1-3H3/b11-10+. The van der Waals surface area contributed by atoms with Gasteiger partial charge in [-0.1, -0.05) is 37.3 Å². The predicted molar refractivity (Wildman–Crippen MR) is 71.9 cm³/mol. The Morgan fingerprint density at radius 1 is 1.24 bits per heavy atom. The summed E-state index contributed by atoms with van der Waals surface area (Å²) in [5.74, 6) is 0. The minimum Gasteiger partial charge on any atom is -0.208 e. The van der Waals surface area contributed by atoms with Crippen LogP contribution in [0.1, 0.15) is 32.8 Å². The summed E-state index contributed by atoms with van der Waals surface area (Å²) in [5.41, 5.74) is 0.451. The first-order valence-corrected chi connectivity index (χ1v) is 7.16. The van der Waals surface area contributed by atoms with Crippen LogP contribution in [-0.4, -0.2) is 14.0 Å². The summed E-state index contributed by atoms with van der Waals surface area (Å²) in [7, 11) is -3.38. The molecule has 0 atom stereocenters. The zero-order chi connectivity index (χ0) is 12.9. The van der Waals surface area contributed by atoms with E-state index in [4.69, 9.17) is 0 Å². The molecule has 0 aliphatic heterocycles. The normalized spacial score (nSPS) is 13.1. The minimum atomic E-state index is -3.38. The van der Waals surface area contributed by atoms with Crippen molar-refractivity contribution in [3.05, 3.63) is 41.3 Å². The van der Waals surface area contributed by atoms with E-state index in [0.717, 1.165) is 12.0 Å². The van der Waals surface area contributed by atoms with E-state index in [1.165, 1.54) is 5.41 Å². The summed E-state index contributed by atoms with van der Waals surface area (Å²) in [4.78, 5) is 0. The van der Waals surface area contributed by atoms with Crippen LogP contribution in [0.15, 0.2) is 35.7 Å². The van der Waals surface area contributed by atoms with E-state index < -0.39 is 15.6 Å². The summed E-state index contributed by atoms with van der Waals surface area (Å²) in [5, 5.41) is 1.21. The molecule has 0 saturated carbocycles. The first-order valence-electron chi connectivity index (χ1n) is 5.62. The van der Waals surface area contributed by atoms with Crippen molar-refractivity contribution in [2.75, 3.05) is 0 Å². The van der Waals surface area contributed by atoms with Crippen molar-refractivity contribution in [3.63, 3.8) is 0 Å². The first kappa shape index (κ1) is 13.9. The molecule has 1 N–H and O–H groups in total. The van der Waals surface area contributed by atoms with Crippen molar-refractivity contribution in [3.8, 4) is 0 Å². The summed E-state index contributed by atoms with van der Waals surface area (Å²) in [6, 6.07) is 9.35. The Hall–Kier alpha value is -1.13. The van der Waals surface area contributed by atoms with E-state index in [1.807, 2.05) is 51.1 Å². The zero-order valence-corrected chi connectivity index (χ0v) is 11.3. The van der Waals surface area contributed by atoms with Gasteiger partial charge in [-0.15, -0.1) is 0 Å². The summed E-state index contributed by atoms with van der Waals surface area (Å²) >= 11 is 0. The molecular formula is C13H19NO2S. The average Bonchev–Trinajstić information content (AvgIpc) is 2.27. The fourth-order valence-electron chi connectivity index (χ4n) is 1.22. The van der Waals surface area contributed by atoms with Gasteiger partial charge >= 0.3 is 0 Å². The molecule has 0 aromatic heterocycles. The van der Waals surface area contributed by atoms with Crippen molar-refractivity contribution in [2.24, 2.45) is 0 Å². The molecule has 0 saturated heterocycles. The molecule has 4 heteroatoms. The maximum Gasteiger partial charge on any atom is 0.234 e. The third-order valence-corrected chi connectivity index (χ3v) is 3.87. The van der Waals surface area contributed by atoms with Crippen LogP contribution in [0, 0.1) is 0 Å².